The van der Waals surface area contributed by atoms with Crippen molar-refractivity contribution in [1.29, 1.82) is 0 Å². The van der Waals surface area contributed by atoms with Crippen molar-refractivity contribution in [2.45, 2.75) is 18.9 Å². The zero-order valence-corrected chi connectivity index (χ0v) is 14.1. The molecule has 1 aliphatic rings. The Kier molecular flexibility index (Phi) is 3.99. The number of nitro groups is 1. The van der Waals surface area contributed by atoms with Gasteiger partial charge in [0.25, 0.3) is 5.69 Å². The summed E-state index contributed by atoms with van der Waals surface area (Å²) in [4.78, 5) is 10.4. The van der Waals surface area contributed by atoms with Crippen LogP contribution < -0.4 is 5.32 Å². The lowest BCUT2D eigenvalue weighted by atomic mass is 10.1. The molecule has 0 amide bonds. The van der Waals surface area contributed by atoms with Crippen LogP contribution in [0.2, 0.25) is 0 Å². The van der Waals surface area contributed by atoms with Crippen molar-refractivity contribution in [1.82, 2.24) is 0 Å². The van der Waals surface area contributed by atoms with E-state index in [9.17, 15) is 10.1 Å². The average molecular weight is 412 g/mol. The maximum atomic E-state index is 10.8. The first-order valence-corrected chi connectivity index (χ1v) is 8.12. The number of aryl methyl sites for hydroxylation is 1. The summed E-state index contributed by atoms with van der Waals surface area (Å²) >= 11 is 6.89. The molecule has 6 heteroatoms. The molecule has 1 unspecified atom stereocenters. The van der Waals surface area contributed by atoms with E-state index in [4.69, 9.17) is 0 Å². The molecule has 0 radical (unpaired) electrons. The first-order valence-electron chi connectivity index (χ1n) is 6.53. The van der Waals surface area contributed by atoms with Crippen LogP contribution in [0.4, 0.5) is 11.4 Å². The van der Waals surface area contributed by atoms with Crippen molar-refractivity contribution in [3.8, 4) is 0 Å². The van der Waals surface area contributed by atoms with Gasteiger partial charge in [0.2, 0.25) is 0 Å². The second kappa shape index (κ2) is 5.77. The molecule has 2 aromatic rings. The molecule has 2 aromatic carbocycles. The monoisotopic (exact) mass is 410 g/mol. The van der Waals surface area contributed by atoms with Crippen molar-refractivity contribution in [2.75, 3.05) is 5.32 Å². The Morgan fingerprint density at radius 1 is 1.19 bits per heavy atom. The van der Waals surface area contributed by atoms with E-state index >= 15 is 0 Å². The Morgan fingerprint density at radius 3 is 2.71 bits per heavy atom. The SMILES string of the molecule is O=[N+]([O-])c1ccc(NC2CCc3cc(Br)ccc32)c(Br)c1. The third-order valence-corrected chi connectivity index (χ3v) is 4.83. The number of rotatable bonds is 3. The van der Waals surface area contributed by atoms with Crippen LogP contribution in [0.25, 0.3) is 0 Å². The second-order valence-corrected chi connectivity index (χ2v) is 6.77. The lowest BCUT2D eigenvalue weighted by Gasteiger charge is -2.16. The average Bonchev–Trinajstić information content (AvgIpc) is 2.83. The van der Waals surface area contributed by atoms with Crippen LogP contribution in [0.5, 0.6) is 0 Å². The molecule has 0 aliphatic heterocycles. The Bertz CT molecular complexity index is 719. The highest BCUT2D eigenvalue weighted by molar-refractivity contribution is 9.10. The smallest absolute Gasteiger partial charge is 0.270 e. The lowest BCUT2D eigenvalue weighted by Crippen LogP contribution is -2.07. The summed E-state index contributed by atoms with van der Waals surface area (Å²) in [5.74, 6) is 0. The molecule has 0 heterocycles. The third kappa shape index (κ3) is 2.96. The molecule has 0 fully saturated rings. The number of hydrogen-bond acceptors (Lipinski definition) is 3. The molecule has 0 saturated carbocycles. The molecule has 108 valence electrons. The van der Waals surface area contributed by atoms with Crippen molar-refractivity contribution in [2.24, 2.45) is 0 Å². The maximum absolute atomic E-state index is 10.8. The summed E-state index contributed by atoms with van der Waals surface area (Å²) in [6, 6.07) is 11.4. The van der Waals surface area contributed by atoms with Gasteiger partial charge in [-0.3, -0.25) is 10.1 Å². The minimum Gasteiger partial charge on any atom is -0.377 e. The molecule has 0 bridgehead atoms. The molecule has 1 atom stereocenters. The van der Waals surface area contributed by atoms with Gasteiger partial charge in [-0.2, -0.15) is 0 Å². The van der Waals surface area contributed by atoms with Crippen molar-refractivity contribution in [3.05, 3.63) is 66.6 Å². The van der Waals surface area contributed by atoms with Gasteiger partial charge in [0.1, 0.15) is 0 Å². The highest BCUT2D eigenvalue weighted by Crippen LogP contribution is 2.37. The molecule has 21 heavy (non-hydrogen) atoms. The van der Waals surface area contributed by atoms with Crippen LogP contribution in [0.15, 0.2) is 45.3 Å². The summed E-state index contributed by atoms with van der Waals surface area (Å²) in [6.07, 6.45) is 2.06. The number of anilines is 1. The zero-order chi connectivity index (χ0) is 15.0. The van der Waals surface area contributed by atoms with E-state index in [1.807, 2.05) is 6.07 Å². The van der Waals surface area contributed by atoms with E-state index in [-0.39, 0.29) is 11.7 Å². The number of halogens is 2. The number of benzene rings is 2. The largest absolute Gasteiger partial charge is 0.377 e. The quantitative estimate of drug-likeness (QED) is 0.556. The summed E-state index contributed by atoms with van der Waals surface area (Å²) < 4.78 is 1.81. The number of nitrogens with one attached hydrogen (secondary N) is 1. The van der Waals surface area contributed by atoms with Gasteiger partial charge in [-0.15, -0.1) is 0 Å². The predicted octanol–water partition coefficient (Wildman–Crippen LogP) is 5.22. The molecule has 3 rings (SSSR count). The first kappa shape index (κ1) is 14.5. The minimum absolute atomic E-state index is 0.0863. The second-order valence-electron chi connectivity index (χ2n) is 5.00. The van der Waals surface area contributed by atoms with Crippen LogP contribution in [0.3, 0.4) is 0 Å². The fourth-order valence-electron chi connectivity index (χ4n) is 2.66. The van der Waals surface area contributed by atoms with Crippen molar-refractivity contribution in [3.63, 3.8) is 0 Å². The van der Waals surface area contributed by atoms with Gasteiger partial charge in [0.05, 0.1) is 11.0 Å². The zero-order valence-electron chi connectivity index (χ0n) is 11.0. The normalized spacial score (nSPS) is 16.6. The van der Waals surface area contributed by atoms with E-state index in [2.05, 4.69) is 49.3 Å². The number of fused-ring (bicyclic) bond motifs is 1. The molecule has 4 nitrogen and oxygen atoms in total. The van der Waals surface area contributed by atoms with E-state index < -0.39 is 4.92 Å². The molecule has 1 aliphatic carbocycles. The minimum atomic E-state index is -0.392. The van der Waals surface area contributed by atoms with E-state index in [1.54, 1.807) is 6.07 Å². The van der Waals surface area contributed by atoms with Gasteiger partial charge < -0.3 is 5.32 Å². The lowest BCUT2D eigenvalue weighted by molar-refractivity contribution is -0.384. The number of non-ortho nitro benzene ring substituents is 1. The molecule has 0 saturated heterocycles. The molecular formula is C15H12Br2N2O2. The maximum Gasteiger partial charge on any atom is 0.270 e. The number of nitrogens with zero attached hydrogens (tertiary/aromatic N) is 1. The van der Waals surface area contributed by atoms with Crippen LogP contribution in [-0.4, -0.2) is 4.92 Å². The van der Waals surface area contributed by atoms with Crippen molar-refractivity contribution >= 4 is 43.2 Å². The van der Waals surface area contributed by atoms with E-state index in [0.717, 1.165) is 23.0 Å². The summed E-state index contributed by atoms with van der Waals surface area (Å²) in [5.41, 5.74) is 3.60. The van der Waals surface area contributed by atoms with Crippen molar-refractivity contribution < 1.29 is 4.92 Å². The number of nitro benzene ring substituents is 1. The van der Waals surface area contributed by atoms with Gasteiger partial charge in [0, 0.05) is 26.8 Å². The Balaban J connectivity index is 1.84. The molecule has 0 aromatic heterocycles. The Hall–Kier alpha value is -1.40. The fraction of sp³-hybridized carbons (Fsp3) is 0.200. The highest BCUT2D eigenvalue weighted by Gasteiger charge is 2.23. The van der Waals surface area contributed by atoms with Crippen LogP contribution in [0, 0.1) is 10.1 Å². The van der Waals surface area contributed by atoms with Crippen LogP contribution in [-0.2, 0) is 6.42 Å². The number of hydrogen-bond donors (Lipinski definition) is 1. The van der Waals surface area contributed by atoms with Gasteiger partial charge in [-0.1, -0.05) is 22.0 Å². The Morgan fingerprint density at radius 2 is 2.00 bits per heavy atom. The van der Waals surface area contributed by atoms with Gasteiger partial charge in [-0.25, -0.2) is 0 Å². The highest BCUT2D eigenvalue weighted by atomic mass is 79.9. The van der Waals surface area contributed by atoms with Crippen LogP contribution >= 0.6 is 31.9 Å². The molecule has 1 N–H and O–H groups in total. The standard InChI is InChI=1S/C15H12Br2N2O2/c16-10-2-4-12-9(7-10)1-5-14(12)18-15-6-3-11(19(20)21)8-13(15)17/h2-4,6-8,14,18H,1,5H2. The predicted molar refractivity (Wildman–Crippen MR) is 89.6 cm³/mol. The topological polar surface area (TPSA) is 55.2 Å². The van der Waals surface area contributed by atoms with E-state index in [0.29, 0.717) is 4.47 Å². The van der Waals surface area contributed by atoms with Gasteiger partial charge >= 0.3 is 0 Å². The Labute approximate surface area is 139 Å². The summed E-state index contributed by atoms with van der Waals surface area (Å²) in [7, 11) is 0. The summed E-state index contributed by atoms with van der Waals surface area (Å²) in [6.45, 7) is 0. The fourth-order valence-corrected chi connectivity index (χ4v) is 3.55. The van der Waals surface area contributed by atoms with Crippen LogP contribution in [0.1, 0.15) is 23.6 Å². The molecular weight excluding hydrogens is 400 g/mol. The summed E-state index contributed by atoms with van der Waals surface area (Å²) in [5, 5.41) is 14.2. The van der Waals surface area contributed by atoms with Gasteiger partial charge in [0.15, 0.2) is 0 Å². The molecule has 0 spiro atoms. The first-order chi connectivity index (χ1) is 10.0. The van der Waals surface area contributed by atoms with Gasteiger partial charge in [-0.05, 0) is 58.1 Å². The third-order valence-electron chi connectivity index (χ3n) is 3.68. The van der Waals surface area contributed by atoms with E-state index in [1.165, 1.54) is 23.3 Å².